The van der Waals surface area contributed by atoms with Crippen LogP contribution in [0, 0.1) is 5.92 Å². The number of rotatable bonds is 2. The van der Waals surface area contributed by atoms with Crippen LogP contribution in [0.2, 0.25) is 0 Å². The molecule has 2 heterocycles. The number of nitrogens with zero attached hydrogens (tertiary/aromatic N) is 2. The van der Waals surface area contributed by atoms with E-state index in [1.54, 1.807) is 0 Å². The summed E-state index contributed by atoms with van der Waals surface area (Å²) in [6.45, 7) is 3.79. The van der Waals surface area contributed by atoms with Gasteiger partial charge in [-0.15, -0.1) is 12.4 Å². The third-order valence-corrected chi connectivity index (χ3v) is 6.44. The van der Waals surface area contributed by atoms with E-state index in [2.05, 4.69) is 34.1 Å². The molecule has 5 heteroatoms. The van der Waals surface area contributed by atoms with Crippen molar-refractivity contribution >= 4 is 18.3 Å². The van der Waals surface area contributed by atoms with Gasteiger partial charge in [0.2, 0.25) is 5.91 Å². The van der Waals surface area contributed by atoms with Crippen molar-refractivity contribution in [2.24, 2.45) is 5.92 Å². The molecule has 26 heavy (non-hydrogen) atoms. The maximum absolute atomic E-state index is 12.7. The van der Waals surface area contributed by atoms with Gasteiger partial charge in [-0.2, -0.15) is 0 Å². The molecule has 2 atom stereocenters. The summed E-state index contributed by atoms with van der Waals surface area (Å²) in [6, 6.07) is 8.70. The predicted octanol–water partition coefficient (Wildman–Crippen LogP) is 2.66. The van der Waals surface area contributed by atoms with Crippen LogP contribution in [0.3, 0.4) is 0 Å². The maximum Gasteiger partial charge on any atom is 0.225 e. The van der Waals surface area contributed by atoms with Crippen molar-refractivity contribution in [3.05, 3.63) is 35.4 Å². The van der Waals surface area contributed by atoms with Crippen LogP contribution in [-0.4, -0.2) is 59.1 Å². The van der Waals surface area contributed by atoms with E-state index < -0.39 is 0 Å². The standard InChI is InChI=1S/C21H30N2O2.ClH/c24-20-15-18-7-3-2-6-17(18)14-19(20)22-12-8-16(9-13-22)21(25)23-10-4-1-5-11-23;/h2-3,6-7,16,19-20,24H,1,4-5,8-15H2;1H/t19-,20-;/m1./s1. The Morgan fingerprint density at radius 3 is 2.19 bits per heavy atom. The van der Waals surface area contributed by atoms with Crippen LogP contribution in [0.15, 0.2) is 24.3 Å². The van der Waals surface area contributed by atoms with Crippen molar-refractivity contribution < 1.29 is 9.90 Å². The number of amides is 1. The molecule has 3 aliphatic rings. The summed E-state index contributed by atoms with van der Waals surface area (Å²) in [6.07, 6.45) is 6.89. The molecule has 2 saturated heterocycles. The number of piperidine rings is 2. The van der Waals surface area contributed by atoms with Gasteiger partial charge < -0.3 is 10.0 Å². The average molecular weight is 379 g/mol. The molecule has 2 fully saturated rings. The molecule has 0 bridgehead atoms. The SMILES string of the molecule is Cl.O=C(C1CCN([C@@H]2Cc3ccccc3C[C@H]2O)CC1)N1CCCCC1. The number of carbonyl (C=O) groups is 1. The summed E-state index contributed by atoms with van der Waals surface area (Å²) in [4.78, 5) is 17.2. The van der Waals surface area contributed by atoms with Crippen LogP contribution < -0.4 is 0 Å². The van der Waals surface area contributed by atoms with Crippen LogP contribution in [0.5, 0.6) is 0 Å². The van der Waals surface area contributed by atoms with Crippen LogP contribution in [0.4, 0.5) is 0 Å². The molecule has 0 aromatic heterocycles. The number of hydrogen-bond donors (Lipinski definition) is 1. The van der Waals surface area contributed by atoms with Gasteiger partial charge in [0.1, 0.15) is 0 Å². The van der Waals surface area contributed by atoms with E-state index >= 15 is 0 Å². The van der Waals surface area contributed by atoms with E-state index in [0.29, 0.717) is 5.91 Å². The highest BCUT2D eigenvalue weighted by molar-refractivity contribution is 5.85. The lowest BCUT2D eigenvalue weighted by molar-refractivity contribution is -0.138. The predicted molar refractivity (Wildman–Crippen MR) is 106 cm³/mol. The highest BCUT2D eigenvalue weighted by Crippen LogP contribution is 2.29. The van der Waals surface area contributed by atoms with Crippen LogP contribution in [-0.2, 0) is 17.6 Å². The second-order valence-corrected chi connectivity index (χ2v) is 8.01. The van der Waals surface area contributed by atoms with Crippen LogP contribution in [0.25, 0.3) is 0 Å². The fourth-order valence-corrected chi connectivity index (χ4v) is 4.90. The van der Waals surface area contributed by atoms with E-state index in [-0.39, 0.29) is 30.5 Å². The molecule has 1 aromatic carbocycles. The molecular weight excluding hydrogens is 348 g/mol. The smallest absolute Gasteiger partial charge is 0.225 e. The fraction of sp³-hybridized carbons (Fsp3) is 0.667. The molecule has 4 rings (SSSR count). The van der Waals surface area contributed by atoms with Crippen LogP contribution >= 0.6 is 12.4 Å². The molecule has 1 amide bonds. The van der Waals surface area contributed by atoms with E-state index in [9.17, 15) is 9.90 Å². The maximum atomic E-state index is 12.7. The van der Waals surface area contributed by atoms with Gasteiger partial charge in [0.15, 0.2) is 0 Å². The summed E-state index contributed by atoms with van der Waals surface area (Å²) < 4.78 is 0. The van der Waals surface area contributed by atoms with Crippen molar-refractivity contribution in [1.82, 2.24) is 9.80 Å². The Morgan fingerprint density at radius 1 is 0.923 bits per heavy atom. The molecule has 4 nitrogen and oxygen atoms in total. The summed E-state index contributed by atoms with van der Waals surface area (Å²) in [5.74, 6) is 0.580. The van der Waals surface area contributed by atoms with Gasteiger partial charge in [-0.25, -0.2) is 0 Å². The number of aliphatic hydroxyl groups is 1. The molecule has 1 aromatic rings. The number of aliphatic hydroxyl groups excluding tert-OH is 1. The van der Waals surface area contributed by atoms with Gasteiger partial charge >= 0.3 is 0 Å². The topological polar surface area (TPSA) is 43.8 Å². The number of carbonyl (C=O) groups excluding carboxylic acids is 1. The quantitative estimate of drug-likeness (QED) is 0.860. The Hall–Kier alpha value is -1.10. The first kappa shape index (κ1) is 19.7. The Labute approximate surface area is 163 Å². The Bertz CT molecular complexity index is 610. The van der Waals surface area contributed by atoms with Gasteiger partial charge in [-0.1, -0.05) is 24.3 Å². The number of likely N-dealkylation sites (tertiary alicyclic amines) is 2. The van der Waals surface area contributed by atoms with Gasteiger partial charge in [0.05, 0.1) is 6.10 Å². The highest BCUT2D eigenvalue weighted by atomic mass is 35.5. The first-order chi connectivity index (χ1) is 12.2. The van der Waals surface area contributed by atoms with Gasteiger partial charge in [-0.05, 0) is 62.7 Å². The molecule has 1 aliphatic carbocycles. The second-order valence-electron chi connectivity index (χ2n) is 8.01. The number of hydrogen-bond acceptors (Lipinski definition) is 3. The lowest BCUT2D eigenvalue weighted by Crippen LogP contribution is -2.52. The Morgan fingerprint density at radius 2 is 1.54 bits per heavy atom. The fourth-order valence-electron chi connectivity index (χ4n) is 4.90. The van der Waals surface area contributed by atoms with E-state index in [1.165, 1.54) is 17.5 Å². The van der Waals surface area contributed by atoms with Crippen LogP contribution in [0.1, 0.15) is 43.2 Å². The van der Waals surface area contributed by atoms with Crippen molar-refractivity contribution in [1.29, 1.82) is 0 Å². The molecule has 0 spiro atoms. The van der Waals surface area contributed by atoms with Gasteiger partial charge in [0, 0.05) is 31.5 Å². The molecule has 144 valence electrons. The third kappa shape index (κ3) is 4.08. The number of benzene rings is 1. The molecule has 0 unspecified atom stereocenters. The lowest BCUT2D eigenvalue weighted by Gasteiger charge is -2.42. The number of halogens is 1. The normalized spacial score (nSPS) is 27.5. The minimum absolute atomic E-state index is 0. The summed E-state index contributed by atoms with van der Waals surface area (Å²) in [5.41, 5.74) is 2.67. The minimum atomic E-state index is -0.288. The third-order valence-electron chi connectivity index (χ3n) is 6.44. The first-order valence-electron chi connectivity index (χ1n) is 10.00. The van der Waals surface area contributed by atoms with Crippen molar-refractivity contribution in [2.45, 2.75) is 57.1 Å². The first-order valence-corrected chi connectivity index (χ1v) is 10.00. The molecular formula is C21H31ClN2O2. The highest BCUT2D eigenvalue weighted by Gasteiger charge is 2.36. The van der Waals surface area contributed by atoms with Gasteiger partial charge in [0.25, 0.3) is 0 Å². The van der Waals surface area contributed by atoms with E-state index in [0.717, 1.165) is 64.7 Å². The van der Waals surface area contributed by atoms with Crippen molar-refractivity contribution in [2.75, 3.05) is 26.2 Å². The zero-order chi connectivity index (χ0) is 17.2. The van der Waals surface area contributed by atoms with Crippen molar-refractivity contribution in [3.8, 4) is 0 Å². The zero-order valence-corrected chi connectivity index (χ0v) is 16.3. The average Bonchev–Trinajstić information content (AvgIpc) is 2.68. The minimum Gasteiger partial charge on any atom is -0.391 e. The Kier molecular flexibility index (Phi) is 6.60. The second kappa shape index (κ2) is 8.73. The molecule has 0 saturated carbocycles. The molecule has 0 radical (unpaired) electrons. The summed E-state index contributed by atoms with van der Waals surface area (Å²) in [5, 5.41) is 10.6. The zero-order valence-electron chi connectivity index (χ0n) is 15.5. The lowest BCUT2D eigenvalue weighted by atomic mass is 9.84. The number of fused-ring (bicyclic) bond motifs is 1. The van der Waals surface area contributed by atoms with Gasteiger partial charge in [-0.3, -0.25) is 9.69 Å². The van der Waals surface area contributed by atoms with E-state index in [1.807, 2.05) is 0 Å². The Balaban J connectivity index is 0.00000196. The summed E-state index contributed by atoms with van der Waals surface area (Å²) in [7, 11) is 0. The van der Waals surface area contributed by atoms with E-state index in [4.69, 9.17) is 0 Å². The summed E-state index contributed by atoms with van der Waals surface area (Å²) >= 11 is 0. The molecule has 2 aliphatic heterocycles. The largest absolute Gasteiger partial charge is 0.391 e. The van der Waals surface area contributed by atoms with Crippen molar-refractivity contribution in [3.63, 3.8) is 0 Å². The molecule has 1 N–H and O–H groups in total. The monoisotopic (exact) mass is 378 g/mol.